The second-order valence-electron chi connectivity index (χ2n) is 35.1. The van der Waals surface area contributed by atoms with Gasteiger partial charge in [0.25, 0.3) is 0 Å². The summed E-state index contributed by atoms with van der Waals surface area (Å²) >= 11 is 0. The predicted octanol–water partition coefficient (Wildman–Crippen LogP) is 30.5. The Morgan fingerprint density at radius 2 is 0.356 bits per heavy atom. The smallest absolute Gasteiger partial charge is 0.0737 e. The van der Waals surface area contributed by atoms with E-state index in [4.69, 9.17) is 9.97 Å². The van der Waals surface area contributed by atoms with Crippen LogP contribution in [0.15, 0.2) is 48.5 Å². The molecule has 5 heterocycles. The standard InChI is InChI=1S/C100H126N4/c1-17-53-41-61(25-9)85-69(53)49-70-54(18-2)42-62(26-10)86(70)97(85)93-77-33-35-79(101-77)94(98-87-63(27-11)43-55(19-3)71(87)50-72-56(20-4)44-64(28-12)88(72)98)81-37-39-83(103-81)96(100-91-67(31-15)47-59(23-7)75(91)52-76-60(24-8)48-68(32-16)92(76)100)84-40-38-82(104-84)95(80-36-34-78(93)102-80)99-89-65(29-13)45-57(21-5)73(89)51-74-58(22-6)46-66(30-14)90(74)99/h33-40,49-68,101,104H,17-32,41-48H2,1-16H3/t53-,54-,55-,56-,57-,58-,59-,60-,61+,62+,63+,64+,65+,66?,67+,68?/m1/s1. The third kappa shape index (κ3) is 10.5. The molecule has 7 aromatic rings. The molecular formula is C100H126N4. The van der Waals surface area contributed by atoms with E-state index in [0.717, 1.165) is 74.1 Å². The van der Waals surface area contributed by atoms with Crippen LogP contribution in [-0.2, 0) is 0 Å². The molecule has 3 aromatic heterocycles. The van der Waals surface area contributed by atoms with Crippen LogP contribution in [0.3, 0.4) is 0 Å². The first-order valence-electron chi connectivity index (χ1n) is 43.8. The van der Waals surface area contributed by atoms with Crippen molar-refractivity contribution in [3.05, 3.63) is 160 Å². The number of nitrogens with zero attached hydrogens (tertiary/aromatic N) is 2. The molecule has 17 rings (SSSR count). The summed E-state index contributed by atoms with van der Waals surface area (Å²) in [4.78, 5) is 22.4. The summed E-state index contributed by atoms with van der Waals surface area (Å²) in [7, 11) is 0. The molecule has 10 aliphatic rings. The van der Waals surface area contributed by atoms with Crippen molar-refractivity contribution in [1.82, 2.24) is 19.9 Å². The minimum absolute atomic E-state index is 0.478. The first kappa shape index (κ1) is 70.5. The maximum atomic E-state index is 6.55. The van der Waals surface area contributed by atoms with Crippen LogP contribution in [0.1, 0.15) is 471 Å². The number of hydrogen-bond acceptors (Lipinski definition) is 2. The lowest BCUT2D eigenvalue weighted by Crippen LogP contribution is -2.06. The Hall–Kier alpha value is -6.52. The minimum atomic E-state index is 0.478. The van der Waals surface area contributed by atoms with E-state index >= 15 is 0 Å². The van der Waals surface area contributed by atoms with Gasteiger partial charge in [0.15, 0.2) is 0 Å². The summed E-state index contributed by atoms with van der Waals surface area (Å²) in [6, 6.07) is 21.5. The molecule has 0 radical (unpaired) electrons. The van der Waals surface area contributed by atoms with Gasteiger partial charge in [-0.2, -0.15) is 0 Å². The summed E-state index contributed by atoms with van der Waals surface area (Å²) in [6.45, 7) is 39.8. The van der Waals surface area contributed by atoms with Crippen molar-refractivity contribution in [2.24, 2.45) is 0 Å². The van der Waals surface area contributed by atoms with Gasteiger partial charge < -0.3 is 9.97 Å². The van der Waals surface area contributed by atoms with Crippen LogP contribution in [-0.4, -0.2) is 19.9 Å². The molecule has 0 amide bonds. The van der Waals surface area contributed by atoms with E-state index in [1.54, 1.807) is 111 Å². The summed E-state index contributed by atoms with van der Waals surface area (Å²) in [5.74, 6) is 8.20. The molecule has 8 aliphatic carbocycles. The molecule has 0 fully saturated rings. The van der Waals surface area contributed by atoms with E-state index in [-0.39, 0.29) is 0 Å². The van der Waals surface area contributed by atoms with Crippen molar-refractivity contribution in [3.8, 4) is 44.5 Å². The highest BCUT2D eigenvalue weighted by atomic mass is 14.8. The Labute approximate surface area is 626 Å². The highest BCUT2D eigenvalue weighted by Crippen LogP contribution is 2.65. The quantitative estimate of drug-likeness (QED) is 0.0799. The summed E-state index contributed by atoms with van der Waals surface area (Å²) in [6.07, 6.45) is 38.5. The number of H-pyrrole nitrogens is 2. The van der Waals surface area contributed by atoms with Crippen LogP contribution in [0.2, 0.25) is 0 Å². The zero-order valence-corrected chi connectivity index (χ0v) is 67.0. The van der Waals surface area contributed by atoms with E-state index in [1.807, 2.05) is 0 Å². The monoisotopic (exact) mass is 1380 g/mol. The second kappa shape index (κ2) is 27.9. The van der Waals surface area contributed by atoms with E-state index < -0.39 is 0 Å². The number of hydrogen-bond donors (Lipinski definition) is 2. The van der Waals surface area contributed by atoms with Gasteiger partial charge in [-0.15, -0.1) is 0 Å². The fourth-order valence-corrected chi connectivity index (χ4v) is 25.3. The number of aromatic amines is 2. The average molecular weight is 1380 g/mol. The Balaban J connectivity index is 1.12. The van der Waals surface area contributed by atoms with Gasteiger partial charge in [-0.25, -0.2) is 9.97 Å². The fraction of sp³-hybridized carbons (Fsp3) is 0.560. The molecule has 0 saturated carbocycles. The van der Waals surface area contributed by atoms with Crippen LogP contribution >= 0.6 is 0 Å². The lowest BCUT2D eigenvalue weighted by atomic mass is 9.81. The Morgan fingerprint density at radius 1 is 0.212 bits per heavy atom. The van der Waals surface area contributed by atoms with Crippen LogP contribution < -0.4 is 0 Å². The highest BCUT2D eigenvalue weighted by molar-refractivity contribution is 6.04. The van der Waals surface area contributed by atoms with Gasteiger partial charge in [-0.3, -0.25) is 0 Å². The van der Waals surface area contributed by atoms with Gasteiger partial charge in [-0.05, 0) is 409 Å². The fourth-order valence-electron chi connectivity index (χ4n) is 25.3. The lowest BCUT2D eigenvalue weighted by Gasteiger charge is -2.24. The molecule has 0 spiro atoms. The number of rotatable bonds is 20. The average Bonchev–Trinajstić information content (AvgIpc) is 1.56. The number of fused-ring (bicyclic) bond motifs is 16. The van der Waals surface area contributed by atoms with Gasteiger partial charge in [0.05, 0.1) is 22.8 Å². The molecule has 2 N–H and O–H groups in total. The predicted molar refractivity (Wildman–Crippen MR) is 446 cm³/mol. The van der Waals surface area contributed by atoms with Gasteiger partial charge in [0, 0.05) is 44.3 Å². The summed E-state index contributed by atoms with van der Waals surface area (Å²) < 4.78 is 0. The Bertz CT molecular complexity index is 4030. The van der Waals surface area contributed by atoms with E-state index in [9.17, 15) is 0 Å². The molecule has 8 bridgehead atoms. The van der Waals surface area contributed by atoms with Crippen molar-refractivity contribution >= 4 is 46.4 Å². The lowest BCUT2D eigenvalue weighted by molar-refractivity contribution is 0.557. The normalized spacial score (nSPS) is 27.8. The molecule has 4 nitrogen and oxygen atoms in total. The highest BCUT2D eigenvalue weighted by Gasteiger charge is 2.47. The maximum Gasteiger partial charge on any atom is 0.0737 e. The molecule has 104 heavy (non-hydrogen) atoms. The largest absolute Gasteiger partial charge is 0.354 e. The second-order valence-corrected chi connectivity index (χ2v) is 35.1. The minimum Gasteiger partial charge on any atom is -0.354 e. The third-order valence-electron chi connectivity index (χ3n) is 30.9. The molecule has 0 saturated heterocycles. The maximum absolute atomic E-state index is 6.55. The number of aromatic nitrogens is 4. The zero-order chi connectivity index (χ0) is 72.0. The van der Waals surface area contributed by atoms with Crippen molar-refractivity contribution in [2.45, 2.75) is 360 Å². The van der Waals surface area contributed by atoms with Crippen molar-refractivity contribution in [3.63, 3.8) is 0 Å². The van der Waals surface area contributed by atoms with Crippen LogP contribution in [0.4, 0.5) is 0 Å². The molecule has 2 aliphatic heterocycles. The Kier molecular flexibility index (Phi) is 18.9. The molecule has 4 heteroatoms. The zero-order valence-electron chi connectivity index (χ0n) is 67.0. The molecule has 2 unspecified atom stereocenters. The van der Waals surface area contributed by atoms with Gasteiger partial charge in [0.1, 0.15) is 0 Å². The van der Waals surface area contributed by atoms with Crippen molar-refractivity contribution in [2.75, 3.05) is 0 Å². The van der Waals surface area contributed by atoms with Crippen molar-refractivity contribution in [1.29, 1.82) is 0 Å². The SMILES string of the molecule is CCC1C[C@@H](CC)c2cc3c(c(-c4c5nc(c(-c6c7c(cc8c6[C@@H](CC)C[C@H]8CC)[C@H](CC)C[C@@H]7CC)c6ccc([nH]6)c(-c6c7c(cc8c6[C@@H](CC)C[C@H]8CC)[C@H](CC)C[C@@H]7CC)c6nc(c(-c7c8c(cc9c7[C@@H](CC)C[C@H]9CC)[C@H](CC)CC8CC)c7ccc4[nH]7)C=C6)C=C5)c21)[C@@H](CC)C[C@H]3CC. The Morgan fingerprint density at radius 3 is 0.490 bits per heavy atom. The molecule has 16 atom stereocenters. The summed E-state index contributed by atoms with van der Waals surface area (Å²) in [5, 5.41) is 0. The van der Waals surface area contributed by atoms with Crippen molar-refractivity contribution < 1.29 is 0 Å². The van der Waals surface area contributed by atoms with E-state index in [0.29, 0.717) is 94.7 Å². The topological polar surface area (TPSA) is 57.4 Å². The number of benzene rings is 4. The van der Waals surface area contributed by atoms with Crippen LogP contribution in [0.5, 0.6) is 0 Å². The van der Waals surface area contributed by atoms with Gasteiger partial charge >= 0.3 is 0 Å². The summed E-state index contributed by atoms with van der Waals surface area (Å²) in [5.41, 5.74) is 47.2. The van der Waals surface area contributed by atoms with Gasteiger partial charge in [0.2, 0.25) is 0 Å². The number of nitrogens with one attached hydrogen (secondary N) is 2. The molecule has 4 aromatic carbocycles. The van der Waals surface area contributed by atoms with E-state index in [2.05, 4.69) is 194 Å². The first-order chi connectivity index (χ1) is 50.8. The van der Waals surface area contributed by atoms with Crippen LogP contribution in [0.25, 0.3) is 90.9 Å². The van der Waals surface area contributed by atoms with E-state index in [1.165, 1.54) is 147 Å². The van der Waals surface area contributed by atoms with Gasteiger partial charge in [-0.1, -0.05) is 135 Å². The molecule has 546 valence electrons. The van der Waals surface area contributed by atoms with Crippen LogP contribution in [0, 0.1) is 0 Å². The first-order valence-corrected chi connectivity index (χ1v) is 43.8. The molecular weight excluding hydrogens is 1260 g/mol. The third-order valence-corrected chi connectivity index (χ3v) is 30.9.